The van der Waals surface area contributed by atoms with E-state index in [1.165, 1.54) is 11.3 Å². The van der Waals surface area contributed by atoms with Gasteiger partial charge in [0.2, 0.25) is 0 Å². The van der Waals surface area contributed by atoms with Crippen molar-refractivity contribution in [2.24, 2.45) is 0 Å². The second kappa shape index (κ2) is 6.95. The summed E-state index contributed by atoms with van der Waals surface area (Å²) in [4.78, 5) is 25.6. The van der Waals surface area contributed by atoms with Crippen molar-refractivity contribution in [3.63, 3.8) is 0 Å². The molecular weight excluding hydrogens is 372 g/mol. The fraction of sp³-hybridized carbons (Fsp3) is 0.136. The van der Waals surface area contributed by atoms with Crippen LogP contribution in [0.1, 0.15) is 42.3 Å². The number of hydrogen-bond acceptors (Lipinski definition) is 4. The molecule has 1 aliphatic carbocycles. The zero-order chi connectivity index (χ0) is 19.8. The highest BCUT2D eigenvalue weighted by Crippen LogP contribution is 2.45. The SMILES string of the molecule is Cc1ccc2c(c1)CCc1sc(NC(=O)c3ccc(C#N)cc3)c(C(=O)O)c1-2. The quantitative estimate of drug-likeness (QED) is 0.684. The van der Waals surface area contributed by atoms with Crippen LogP contribution in [0.5, 0.6) is 0 Å². The number of amides is 1. The molecule has 0 spiro atoms. The number of fused-ring (bicyclic) bond motifs is 3. The van der Waals surface area contributed by atoms with E-state index in [1.807, 2.05) is 25.1 Å². The van der Waals surface area contributed by atoms with Crippen molar-refractivity contribution in [3.05, 3.63) is 75.2 Å². The van der Waals surface area contributed by atoms with Gasteiger partial charge in [-0.1, -0.05) is 23.8 Å². The second-order valence-corrected chi connectivity index (χ2v) is 7.82. The number of anilines is 1. The fourth-order valence-electron chi connectivity index (χ4n) is 3.52. The summed E-state index contributed by atoms with van der Waals surface area (Å²) in [5.74, 6) is -1.45. The normalized spacial score (nSPS) is 11.9. The van der Waals surface area contributed by atoms with Crippen molar-refractivity contribution >= 4 is 28.2 Å². The molecule has 1 aliphatic rings. The van der Waals surface area contributed by atoms with Gasteiger partial charge in [0.25, 0.3) is 5.91 Å². The highest BCUT2D eigenvalue weighted by molar-refractivity contribution is 7.17. The van der Waals surface area contributed by atoms with Gasteiger partial charge >= 0.3 is 5.97 Å². The third-order valence-electron chi connectivity index (χ3n) is 4.85. The first-order valence-corrected chi connectivity index (χ1v) is 9.60. The van der Waals surface area contributed by atoms with Gasteiger partial charge in [-0.3, -0.25) is 4.79 Å². The Kier molecular flexibility index (Phi) is 4.46. The molecule has 3 aromatic rings. The highest BCUT2D eigenvalue weighted by Gasteiger charge is 2.29. The van der Waals surface area contributed by atoms with Crippen molar-refractivity contribution in [1.29, 1.82) is 5.26 Å². The topological polar surface area (TPSA) is 90.2 Å². The average Bonchev–Trinajstić information content (AvgIpc) is 3.06. The van der Waals surface area contributed by atoms with Crippen molar-refractivity contribution in [3.8, 4) is 17.2 Å². The van der Waals surface area contributed by atoms with Crippen LogP contribution < -0.4 is 5.32 Å². The molecule has 5 nitrogen and oxygen atoms in total. The van der Waals surface area contributed by atoms with Crippen LogP contribution in [0, 0.1) is 18.3 Å². The molecule has 0 bridgehead atoms. The number of nitrogens with zero attached hydrogens (tertiary/aromatic N) is 1. The highest BCUT2D eigenvalue weighted by atomic mass is 32.1. The van der Waals surface area contributed by atoms with E-state index in [0.717, 1.165) is 34.4 Å². The van der Waals surface area contributed by atoms with Crippen LogP contribution in [-0.4, -0.2) is 17.0 Å². The summed E-state index contributed by atoms with van der Waals surface area (Å²) in [6.45, 7) is 2.02. The molecule has 0 fully saturated rings. The van der Waals surface area contributed by atoms with Gasteiger partial charge in [0, 0.05) is 16.0 Å². The molecule has 28 heavy (non-hydrogen) atoms. The maximum Gasteiger partial charge on any atom is 0.339 e. The Bertz CT molecular complexity index is 1150. The molecule has 0 radical (unpaired) electrons. The summed E-state index contributed by atoms with van der Waals surface area (Å²) in [5.41, 5.74) is 4.90. The third-order valence-corrected chi connectivity index (χ3v) is 6.01. The molecule has 0 atom stereocenters. The van der Waals surface area contributed by atoms with E-state index < -0.39 is 11.9 Å². The zero-order valence-corrected chi connectivity index (χ0v) is 15.9. The van der Waals surface area contributed by atoms with E-state index in [9.17, 15) is 14.7 Å². The van der Waals surface area contributed by atoms with Crippen LogP contribution in [-0.2, 0) is 12.8 Å². The number of nitriles is 1. The Labute approximate surface area is 165 Å². The molecule has 1 heterocycles. The van der Waals surface area contributed by atoms with Gasteiger partial charge in [0.15, 0.2) is 0 Å². The lowest BCUT2D eigenvalue weighted by molar-refractivity contribution is 0.0699. The molecule has 2 aromatic carbocycles. The first-order valence-electron chi connectivity index (χ1n) is 8.78. The van der Waals surface area contributed by atoms with Crippen molar-refractivity contribution in [2.45, 2.75) is 19.8 Å². The standard InChI is InChI=1S/C22H16N2O3S/c1-12-2-8-16-15(10-12)7-9-17-18(16)19(22(26)27)21(28-17)24-20(25)14-5-3-13(11-23)4-6-14/h2-6,8,10H,7,9H2,1H3,(H,24,25)(H,26,27). The minimum absolute atomic E-state index is 0.145. The molecule has 1 amide bonds. The summed E-state index contributed by atoms with van der Waals surface area (Å²) in [5, 5.41) is 21.8. The lowest BCUT2D eigenvalue weighted by Crippen LogP contribution is -2.13. The Hall–Kier alpha value is -3.43. The van der Waals surface area contributed by atoms with E-state index in [2.05, 4.69) is 11.4 Å². The van der Waals surface area contributed by atoms with E-state index in [-0.39, 0.29) is 5.56 Å². The number of aryl methyl sites for hydroxylation is 3. The first kappa shape index (κ1) is 18.0. The molecule has 0 saturated carbocycles. The fourth-order valence-corrected chi connectivity index (χ4v) is 4.72. The van der Waals surface area contributed by atoms with Crippen molar-refractivity contribution in [2.75, 3.05) is 5.32 Å². The maximum absolute atomic E-state index is 12.6. The number of carboxylic acid groups (broad SMARTS) is 1. The number of carboxylic acids is 1. The number of nitrogens with one attached hydrogen (secondary N) is 1. The van der Waals surface area contributed by atoms with E-state index in [1.54, 1.807) is 24.3 Å². The molecule has 1 aromatic heterocycles. The van der Waals surface area contributed by atoms with Gasteiger partial charge in [-0.15, -0.1) is 11.3 Å². The number of carbonyl (C=O) groups is 2. The average molecular weight is 388 g/mol. The van der Waals surface area contributed by atoms with Crippen LogP contribution >= 0.6 is 11.3 Å². The van der Waals surface area contributed by atoms with Gasteiger partial charge < -0.3 is 10.4 Å². The number of aromatic carboxylic acids is 1. The van der Waals surface area contributed by atoms with Crippen LogP contribution in [0.15, 0.2) is 42.5 Å². The lowest BCUT2D eigenvalue weighted by Gasteiger charge is -2.17. The minimum Gasteiger partial charge on any atom is -0.478 e. The predicted molar refractivity (Wildman–Crippen MR) is 108 cm³/mol. The van der Waals surface area contributed by atoms with E-state index in [0.29, 0.717) is 21.7 Å². The zero-order valence-electron chi connectivity index (χ0n) is 15.1. The Balaban J connectivity index is 1.75. The molecule has 138 valence electrons. The minimum atomic E-state index is -1.05. The van der Waals surface area contributed by atoms with Crippen LogP contribution in [0.25, 0.3) is 11.1 Å². The van der Waals surface area contributed by atoms with Gasteiger partial charge in [-0.25, -0.2) is 4.79 Å². The van der Waals surface area contributed by atoms with Crippen LogP contribution in [0.2, 0.25) is 0 Å². The number of rotatable bonds is 3. The van der Waals surface area contributed by atoms with Crippen LogP contribution in [0.3, 0.4) is 0 Å². The summed E-state index contributed by atoms with van der Waals surface area (Å²) >= 11 is 1.32. The number of benzene rings is 2. The predicted octanol–water partition coefficient (Wildman–Crippen LogP) is 4.64. The monoisotopic (exact) mass is 388 g/mol. The number of carbonyl (C=O) groups excluding carboxylic acids is 1. The third kappa shape index (κ3) is 3.06. The number of hydrogen-bond donors (Lipinski definition) is 2. The Morgan fingerprint density at radius 3 is 2.57 bits per heavy atom. The van der Waals surface area contributed by atoms with Crippen molar-refractivity contribution < 1.29 is 14.7 Å². The van der Waals surface area contributed by atoms with E-state index in [4.69, 9.17) is 5.26 Å². The molecule has 2 N–H and O–H groups in total. The summed E-state index contributed by atoms with van der Waals surface area (Å²) < 4.78 is 0. The van der Waals surface area contributed by atoms with Gasteiger partial charge in [0.1, 0.15) is 10.6 Å². The largest absolute Gasteiger partial charge is 0.478 e. The summed E-state index contributed by atoms with van der Waals surface area (Å²) in [7, 11) is 0. The van der Waals surface area contributed by atoms with Gasteiger partial charge in [-0.2, -0.15) is 5.26 Å². The van der Waals surface area contributed by atoms with Gasteiger partial charge in [0.05, 0.1) is 11.6 Å². The Morgan fingerprint density at radius 1 is 1.14 bits per heavy atom. The van der Waals surface area contributed by atoms with Crippen molar-refractivity contribution in [1.82, 2.24) is 0 Å². The molecular formula is C22H16N2O3S. The molecule has 0 saturated heterocycles. The Morgan fingerprint density at radius 2 is 1.89 bits per heavy atom. The molecule has 0 unspecified atom stereocenters. The van der Waals surface area contributed by atoms with Gasteiger partial charge in [-0.05, 0) is 55.2 Å². The maximum atomic E-state index is 12.6. The second-order valence-electron chi connectivity index (χ2n) is 6.71. The number of thiophene rings is 1. The summed E-state index contributed by atoms with van der Waals surface area (Å²) in [6.07, 6.45) is 1.61. The van der Waals surface area contributed by atoms with Crippen LogP contribution in [0.4, 0.5) is 5.00 Å². The molecule has 4 rings (SSSR count). The smallest absolute Gasteiger partial charge is 0.339 e. The lowest BCUT2D eigenvalue weighted by atomic mass is 9.87. The summed E-state index contributed by atoms with van der Waals surface area (Å²) in [6, 6.07) is 14.3. The van der Waals surface area contributed by atoms with E-state index >= 15 is 0 Å². The molecule has 0 aliphatic heterocycles. The first-order chi connectivity index (χ1) is 13.5. The molecule has 6 heteroatoms.